The molecule has 194 valence electrons. The van der Waals surface area contributed by atoms with Gasteiger partial charge in [0, 0.05) is 23.4 Å². The first kappa shape index (κ1) is 28.0. The molecule has 3 aromatic carbocycles. The highest BCUT2D eigenvalue weighted by atomic mass is 35.5. The Labute approximate surface area is 210 Å². The second kappa shape index (κ2) is 10.4. The molecule has 0 radical (unpaired) electrons. The van der Waals surface area contributed by atoms with Crippen LogP contribution in [0, 0.1) is 0 Å². The third-order valence-corrected chi connectivity index (χ3v) is 6.08. The maximum atomic E-state index is 13.8. The smallest absolute Gasteiger partial charge is 0.382 e. The van der Waals surface area contributed by atoms with E-state index in [0.717, 1.165) is 11.0 Å². The summed E-state index contributed by atoms with van der Waals surface area (Å²) < 4.78 is 105. The van der Waals surface area contributed by atoms with E-state index in [1.807, 2.05) is 0 Å². The zero-order valence-corrected chi connectivity index (χ0v) is 19.5. The molecule has 1 N–H and O–H groups in total. The van der Waals surface area contributed by atoms with Crippen molar-refractivity contribution >= 4 is 28.9 Å². The highest BCUT2D eigenvalue weighted by Crippen LogP contribution is 2.44. The van der Waals surface area contributed by atoms with Gasteiger partial charge in [-0.3, -0.25) is 0 Å². The molecule has 3 rings (SSSR count). The molecule has 0 aliphatic carbocycles. The van der Waals surface area contributed by atoms with E-state index in [1.165, 1.54) is 30.3 Å². The minimum Gasteiger partial charge on any atom is -0.382 e. The topological polar surface area (TPSA) is 23.5 Å². The molecule has 0 unspecified atom stereocenters. The fourth-order valence-corrected chi connectivity index (χ4v) is 3.83. The van der Waals surface area contributed by atoms with Crippen LogP contribution >= 0.6 is 23.2 Å². The maximum absolute atomic E-state index is 13.8. The van der Waals surface area contributed by atoms with Crippen LogP contribution in [0.5, 0.6) is 0 Å². The van der Waals surface area contributed by atoms with Crippen LogP contribution in [-0.2, 0) is 12.5 Å². The van der Waals surface area contributed by atoms with Crippen LogP contribution in [0.2, 0.25) is 10.0 Å². The van der Waals surface area contributed by atoms with E-state index >= 15 is 0 Å². The number of alkyl halides is 8. The molecule has 0 saturated carbocycles. The van der Waals surface area contributed by atoms with Crippen molar-refractivity contribution in [3.8, 4) is 11.1 Å². The van der Waals surface area contributed by atoms with Gasteiger partial charge in [-0.05, 0) is 35.4 Å². The summed E-state index contributed by atoms with van der Waals surface area (Å²) >= 11 is 12.3. The lowest BCUT2D eigenvalue weighted by molar-refractivity contribution is -0.289. The molecular weight excluding hydrogens is 541 g/mol. The van der Waals surface area contributed by atoms with E-state index in [9.17, 15) is 40.2 Å². The Hall–Kier alpha value is -2.56. The van der Waals surface area contributed by atoms with Crippen molar-refractivity contribution in [2.75, 3.05) is 11.4 Å². The molecule has 0 heterocycles. The zero-order chi connectivity index (χ0) is 26.9. The number of aliphatic hydroxyl groups excluding tert-OH is 1. The van der Waals surface area contributed by atoms with Gasteiger partial charge >= 0.3 is 18.3 Å². The number of rotatable bonds is 7. The summed E-state index contributed by atoms with van der Waals surface area (Å²) in [7, 11) is 0. The molecule has 0 aromatic heterocycles. The molecule has 0 spiro atoms. The van der Waals surface area contributed by atoms with Gasteiger partial charge in [0.05, 0.1) is 16.6 Å². The molecule has 0 bridgehead atoms. The zero-order valence-electron chi connectivity index (χ0n) is 18.0. The second-order valence-corrected chi connectivity index (χ2v) is 8.65. The van der Waals surface area contributed by atoms with Crippen LogP contribution in [0.1, 0.15) is 11.1 Å². The van der Waals surface area contributed by atoms with E-state index in [1.54, 1.807) is 18.2 Å². The van der Waals surface area contributed by atoms with Crippen LogP contribution in [0.4, 0.5) is 40.8 Å². The molecule has 0 amide bonds. The maximum Gasteiger partial charge on any atom is 0.458 e. The SMILES string of the molecule is O[C@H](CN(Cc1cccc(C(F)(F)C(F)(F)F)c1)c1cccc(-c2cccc(Cl)c2Cl)c1)C(F)(F)F. The number of nitrogens with zero attached hydrogens (tertiary/aromatic N) is 1. The quantitative estimate of drug-likeness (QED) is 0.296. The van der Waals surface area contributed by atoms with Gasteiger partial charge in [-0.1, -0.05) is 65.7 Å². The Morgan fingerprint density at radius 2 is 1.44 bits per heavy atom. The van der Waals surface area contributed by atoms with Crippen LogP contribution in [0.15, 0.2) is 66.7 Å². The monoisotopic (exact) mass is 557 g/mol. The fourth-order valence-electron chi connectivity index (χ4n) is 3.42. The molecule has 1 atom stereocenters. The van der Waals surface area contributed by atoms with Gasteiger partial charge < -0.3 is 10.0 Å². The van der Waals surface area contributed by atoms with Crippen molar-refractivity contribution in [1.29, 1.82) is 0 Å². The lowest BCUT2D eigenvalue weighted by Gasteiger charge is -2.29. The largest absolute Gasteiger partial charge is 0.458 e. The van der Waals surface area contributed by atoms with Crippen LogP contribution < -0.4 is 4.90 Å². The summed E-state index contributed by atoms with van der Waals surface area (Å²) in [5, 5.41) is 10.1. The lowest BCUT2D eigenvalue weighted by atomic mass is 10.0. The third kappa shape index (κ3) is 6.22. The Morgan fingerprint density at radius 1 is 0.806 bits per heavy atom. The summed E-state index contributed by atoms with van der Waals surface area (Å²) in [6, 6.07) is 14.0. The van der Waals surface area contributed by atoms with E-state index in [0.29, 0.717) is 23.3 Å². The van der Waals surface area contributed by atoms with Crippen molar-refractivity contribution in [3.05, 3.63) is 87.9 Å². The Kier molecular flexibility index (Phi) is 8.12. The standard InChI is InChI=1S/C24H17Cl2F8NO/c25-19-9-3-8-18(21(19)26)15-5-2-7-17(11-15)35(13-20(36)23(29,30)31)12-14-4-1-6-16(10-14)22(27,28)24(32,33)34/h1-11,20,36H,12-13H2/t20-/m1/s1. The predicted octanol–water partition coefficient (Wildman–Crippen LogP) is 8.24. The molecule has 36 heavy (non-hydrogen) atoms. The van der Waals surface area contributed by atoms with E-state index < -0.39 is 43.0 Å². The van der Waals surface area contributed by atoms with Crippen LogP contribution in [0.25, 0.3) is 11.1 Å². The summed E-state index contributed by atoms with van der Waals surface area (Å²) in [6.45, 7) is -1.53. The van der Waals surface area contributed by atoms with Crippen molar-refractivity contribution in [2.24, 2.45) is 0 Å². The number of hydrogen-bond acceptors (Lipinski definition) is 2. The third-order valence-electron chi connectivity index (χ3n) is 5.26. The molecular formula is C24H17Cl2F8NO. The minimum atomic E-state index is -5.86. The first-order chi connectivity index (χ1) is 16.6. The van der Waals surface area contributed by atoms with Crippen molar-refractivity contribution in [3.63, 3.8) is 0 Å². The normalized spacial score (nSPS) is 13.5. The van der Waals surface area contributed by atoms with Gasteiger partial charge in [0.15, 0.2) is 6.10 Å². The van der Waals surface area contributed by atoms with E-state index in [-0.39, 0.29) is 21.3 Å². The second-order valence-electron chi connectivity index (χ2n) is 7.86. The van der Waals surface area contributed by atoms with E-state index in [4.69, 9.17) is 23.2 Å². The minimum absolute atomic E-state index is 0.125. The number of benzene rings is 3. The molecule has 3 aromatic rings. The highest BCUT2D eigenvalue weighted by molar-refractivity contribution is 6.43. The van der Waals surface area contributed by atoms with Gasteiger partial charge in [0.2, 0.25) is 0 Å². The average molecular weight is 558 g/mol. The Bertz CT molecular complexity index is 1210. The van der Waals surface area contributed by atoms with Gasteiger partial charge in [-0.15, -0.1) is 0 Å². The van der Waals surface area contributed by atoms with Crippen molar-refractivity contribution in [1.82, 2.24) is 0 Å². The van der Waals surface area contributed by atoms with Crippen LogP contribution in [-0.4, -0.2) is 30.1 Å². The van der Waals surface area contributed by atoms with Crippen molar-refractivity contribution < 1.29 is 40.2 Å². The van der Waals surface area contributed by atoms with Crippen LogP contribution in [0.3, 0.4) is 0 Å². The molecule has 2 nitrogen and oxygen atoms in total. The van der Waals surface area contributed by atoms with Gasteiger partial charge in [-0.2, -0.15) is 35.1 Å². The molecule has 0 aliphatic rings. The Morgan fingerprint density at radius 3 is 2.08 bits per heavy atom. The molecule has 12 heteroatoms. The number of anilines is 1. The molecule has 0 fully saturated rings. The van der Waals surface area contributed by atoms with E-state index in [2.05, 4.69) is 0 Å². The first-order valence-electron chi connectivity index (χ1n) is 10.2. The molecule has 0 saturated heterocycles. The van der Waals surface area contributed by atoms with Gasteiger partial charge in [0.25, 0.3) is 0 Å². The number of halogens is 10. The fraction of sp³-hybridized carbons (Fsp3) is 0.250. The Balaban J connectivity index is 2.03. The average Bonchev–Trinajstić information content (AvgIpc) is 2.79. The molecule has 0 aliphatic heterocycles. The van der Waals surface area contributed by atoms with Crippen molar-refractivity contribution in [2.45, 2.75) is 30.9 Å². The summed E-state index contributed by atoms with van der Waals surface area (Å²) in [5.41, 5.74) is -0.460. The highest BCUT2D eigenvalue weighted by Gasteiger charge is 2.58. The summed E-state index contributed by atoms with van der Waals surface area (Å²) in [6.07, 6.45) is -13.7. The van der Waals surface area contributed by atoms with Gasteiger partial charge in [-0.25, -0.2) is 0 Å². The first-order valence-corrected chi connectivity index (χ1v) is 10.9. The predicted molar refractivity (Wildman–Crippen MR) is 121 cm³/mol. The lowest BCUT2D eigenvalue weighted by Crippen LogP contribution is -2.41. The summed E-state index contributed by atoms with van der Waals surface area (Å²) in [5.74, 6) is -5.16. The summed E-state index contributed by atoms with van der Waals surface area (Å²) in [4.78, 5) is 1.02. The number of hydrogen-bond donors (Lipinski definition) is 1. The number of aliphatic hydroxyl groups is 1. The van der Waals surface area contributed by atoms with Gasteiger partial charge in [0.1, 0.15) is 0 Å².